The van der Waals surface area contributed by atoms with Gasteiger partial charge in [0.25, 0.3) is 0 Å². The third kappa shape index (κ3) is 0.926. The van der Waals surface area contributed by atoms with Gasteiger partial charge in [-0.25, -0.2) is 0 Å². The quantitative estimate of drug-likeness (QED) is 0.517. The molecule has 3 unspecified atom stereocenters. The van der Waals surface area contributed by atoms with Gasteiger partial charge in [-0.3, -0.25) is 4.90 Å². The number of rotatable bonds is 0. The zero-order valence-corrected chi connectivity index (χ0v) is 7.58. The first-order valence-corrected chi connectivity index (χ1v) is 4.53. The van der Waals surface area contributed by atoms with Crippen molar-refractivity contribution in [3.8, 4) is 0 Å². The van der Waals surface area contributed by atoms with Crippen LogP contribution in [-0.4, -0.2) is 37.2 Å². The molecule has 2 fully saturated rings. The Morgan fingerprint density at radius 1 is 1.27 bits per heavy atom. The lowest BCUT2D eigenvalue weighted by Gasteiger charge is -2.55. The average molecular weight is 155 g/mol. The van der Waals surface area contributed by atoms with Crippen LogP contribution in [0.25, 0.3) is 0 Å². The van der Waals surface area contributed by atoms with Crippen molar-refractivity contribution < 1.29 is 4.74 Å². The molecule has 0 N–H and O–H groups in total. The van der Waals surface area contributed by atoms with Crippen LogP contribution in [0.5, 0.6) is 0 Å². The zero-order valence-electron chi connectivity index (χ0n) is 7.58. The second kappa shape index (κ2) is 2.46. The van der Waals surface area contributed by atoms with E-state index in [1.807, 2.05) is 0 Å². The fourth-order valence-electron chi connectivity index (χ4n) is 2.46. The van der Waals surface area contributed by atoms with Crippen molar-refractivity contribution >= 4 is 0 Å². The number of fused-ring (bicyclic) bond motifs is 1. The summed E-state index contributed by atoms with van der Waals surface area (Å²) in [5.74, 6) is 1.59. The zero-order chi connectivity index (χ0) is 8.01. The highest BCUT2D eigenvalue weighted by Crippen LogP contribution is 2.41. The summed E-state index contributed by atoms with van der Waals surface area (Å²) in [6, 6.07) is 0.707. The van der Waals surface area contributed by atoms with Crippen molar-refractivity contribution in [1.82, 2.24) is 4.90 Å². The highest BCUT2D eigenvalue weighted by molar-refractivity contribution is 5.01. The van der Waals surface area contributed by atoms with Crippen molar-refractivity contribution in [3.05, 3.63) is 0 Å². The second-order valence-electron chi connectivity index (χ2n) is 4.02. The second-order valence-corrected chi connectivity index (χ2v) is 4.02. The first-order valence-electron chi connectivity index (χ1n) is 4.53. The van der Waals surface area contributed by atoms with Gasteiger partial charge in [0.15, 0.2) is 0 Å². The first-order chi connectivity index (χ1) is 5.22. The fraction of sp³-hybridized carbons (Fsp3) is 1.00. The van der Waals surface area contributed by atoms with Gasteiger partial charge in [-0.2, -0.15) is 0 Å². The van der Waals surface area contributed by atoms with Gasteiger partial charge in [-0.05, 0) is 18.9 Å². The summed E-state index contributed by atoms with van der Waals surface area (Å²) >= 11 is 0. The maximum atomic E-state index is 5.69. The largest absolute Gasteiger partial charge is 0.375 e. The number of hydrogen-bond donors (Lipinski definition) is 0. The predicted molar refractivity (Wildman–Crippen MR) is 44.5 cm³/mol. The Labute approximate surface area is 68.5 Å². The van der Waals surface area contributed by atoms with Gasteiger partial charge in [0.1, 0.15) is 0 Å². The molecule has 64 valence electrons. The molecule has 11 heavy (non-hydrogen) atoms. The van der Waals surface area contributed by atoms with Gasteiger partial charge in [-0.1, -0.05) is 13.8 Å². The lowest BCUT2D eigenvalue weighted by atomic mass is 9.67. The fourth-order valence-corrected chi connectivity index (χ4v) is 2.46. The van der Waals surface area contributed by atoms with Crippen LogP contribution in [0.1, 0.15) is 13.8 Å². The van der Waals surface area contributed by atoms with E-state index in [4.69, 9.17) is 4.74 Å². The Morgan fingerprint density at radius 2 is 2.00 bits per heavy atom. The minimum atomic E-state index is 0.531. The first kappa shape index (κ1) is 7.56. The molecule has 0 bridgehead atoms. The smallest absolute Gasteiger partial charge is 0.0762 e. The van der Waals surface area contributed by atoms with E-state index in [1.165, 1.54) is 0 Å². The molecule has 0 aromatic carbocycles. The molecule has 0 radical (unpaired) electrons. The van der Waals surface area contributed by atoms with Gasteiger partial charge in [-0.15, -0.1) is 0 Å². The van der Waals surface area contributed by atoms with Crippen LogP contribution in [0.15, 0.2) is 0 Å². The van der Waals surface area contributed by atoms with E-state index in [9.17, 15) is 0 Å². The summed E-state index contributed by atoms with van der Waals surface area (Å²) in [6.45, 7) is 6.66. The molecule has 1 aliphatic heterocycles. The number of likely N-dealkylation sites (N-methyl/N-ethyl adjacent to an activating group) is 1. The molecule has 2 rings (SSSR count). The minimum absolute atomic E-state index is 0.531. The van der Waals surface area contributed by atoms with Gasteiger partial charge in [0.05, 0.1) is 12.7 Å². The Bertz CT molecular complexity index is 156. The number of morpholine rings is 1. The van der Waals surface area contributed by atoms with E-state index < -0.39 is 0 Å². The maximum absolute atomic E-state index is 5.69. The predicted octanol–water partition coefficient (Wildman–Crippen LogP) is 0.971. The molecule has 0 spiro atoms. The standard InChI is InChI=1S/C9H17NO/c1-6-7(2)9-8(6)10(3)4-5-11-9/h6-9H,4-5H2,1-3H3/t6?,7?,8-,9?/m1/s1. The van der Waals surface area contributed by atoms with Crippen LogP contribution in [0, 0.1) is 11.8 Å². The molecule has 2 heteroatoms. The summed E-state index contributed by atoms with van der Waals surface area (Å²) in [4.78, 5) is 2.44. The number of ether oxygens (including phenoxy) is 1. The molecule has 2 aliphatic rings. The summed E-state index contributed by atoms with van der Waals surface area (Å²) in [7, 11) is 2.21. The van der Waals surface area contributed by atoms with E-state index in [0.29, 0.717) is 12.1 Å². The summed E-state index contributed by atoms with van der Waals surface area (Å²) in [5.41, 5.74) is 0. The Kier molecular flexibility index (Phi) is 1.69. The van der Waals surface area contributed by atoms with Crippen LogP contribution in [0.4, 0.5) is 0 Å². The molecule has 0 aromatic heterocycles. The van der Waals surface area contributed by atoms with E-state index in [-0.39, 0.29) is 0 Å². The van der Waals surface area contributed by atoms with Crippen LogP contribution < -0.4 is 0 Å². The molecule has 0 aromatic rings. The summed E-state index contributed by atoms with van der Waals surface area (Å²) in [6.07, 6.45) is 0.531. The Morgan fingerprint density at radius 3 is 2.64 bits per heavy atom. The molecular weight excluding hydrogens is 138 g/mol. The van der Waals surface area contributed by atoms with E-state index in [0.717, 1.165) is 25.0 Å². The SMILES string of the molecule is CC1C(C)[C@@H]2C1OCCN2C. The van der Waals surface area contributed by atoms with Crippen LogP contribution in [0.2, 0.25) is 0 Å². The molecule has 4 atom stereocenters. The molecule has 1 aliphatic carbocycles. The highest BCUT2D eigenvalue weighted by atomic mass is 16.5. The Balaban J connectivity index is 2.05. The summed E-state index contributed by atoms with van der Waals surface area (Å²) in [5, 5.41) is 0. The molecule has 1 saturated carbocycles. The van der Waals surface area contributed by atoms with Gasteiger partial charge in [0.2, 0.25) is 0 Å². The van der Waals surface area contributed by atoms with Crippen molar-refractivity contribution in [1.29, 1.82) is 0 Å². The van der Waals surface area contributed by atoms with E-state index in [1.54, 1.807) is 0 Å². The lowest BCUT2D eigenvalue weighted by Crippen LogP contribution is -2.65. The van der Waals surface area contributed by atoms with Crippen molar-refractivity contribution in [3.63, 3.8) is 0 Å². The normalized spacial score (nSPS) is 51.5. The van der Waals surface area contributed by atoms with Gasteiger partial charge in [0, 0.05) is 12.6 Å². The average Bonchev–Trinajstić information content (AvgIpc) is 2.03. The molecule has 1 heterocycles. The third-order valence-electron chi connectivity index (χ3n) is 3.49. The maximum Gasteiger partial charge on any atom is 0.0762 e. The van der Waals surface area contributed by atoms with Crippen LogP contribution in [-0.2, 0) is 4.74 Å². The van der Waals surface area contributed by atoms with Gasteiger partial charge < -0.3 is 4.74 Å². The minimum Gasteiger partial charge on any atom is -0.375 e. The van der Waals surface area contributed by atoms with Crippen molar-refractivity contribution in [2.45, 2.75) is 26.0 Å². The number of hydrogen-bond acceptors (Lipinski definition) is 2. The van der Waals surface area contributed by atoms with Crippen LogP contribution >= 0.6 is 0 Å². The highest BCUT2D eigenvalue weighted by Gasteiger charge is 2.49. The monoisotopic (exact) mass is 155 g/mol. The Hall–Kier alpha value is -0.0800. The number of nitrogens with zero attached hydrogens (tertiary/aromatic N) is 1. The molecule has 0 amide bonds. The summed E-state index contributed by atoms with van der Waals surface area (Å²) < 4.78 is 5.69. The molecule has 2 nitrogen and oxygen atoms in total. The topological polar surface area (TPSA) is 12.5 Å². The lowest BCUT2D eigenvalue weighted by molar-refractivity contribution is -0.177. The van der Waals surface area contributed by atoms with Crippen molar-refractivity contribution in [2.75, 3.05) is 20.2 Å². The van der Waals surface area contributed by atoms with E-state index >= 15 is 0 Å². The molecule has 1 saturated heterocycles. The third-order valence-corrected chi connectivity index (χ3v) is 3.49. The van der Waals surface area contributed by atoms with E-state index in [2.05, 4.69) is 25.8 Å². The van der Waals surface area contributed by atoms with Crippen molar-refractivity contribution in [2.24, 2.45) is 11.8 Å². The molecular formula is C9H17NO. The van der Waals surface area contributed by atoms with Crippen LogP contribution in [0.3, 0.4) is 0 Å². The van der Waals surface area contributed by atoms with Gasteiger partial charge >= 0.3 is 0 Å².